The fourth-order valence-electron chi connectivity index (χ4n) is 4.00. The predicted molar refractivity (Wildman–Crippen MR) is 87.6 cm³/mol. The molecule has 1 aromatic heterocycles. The Morgan fingerprint density at radius 1 is 1.36 bits per heavy atom. The number of nitrogens with zero attached hydrogens (tertiary/aromatic N) is 1. The molecule has 1 aromatic carbocycles. The second-order valence-corrected chi connectivity index (χ2v) is 7.39. The number of aromatic amines is 1. The minimum atomic E-state index is -0.742. The van der Waals surface area contributed by atoms with Crippen LogP contribution >= 0.6 is 0 Å². The van der Waals surface area contributed by atoms with Gasteiger partial charge in [0.1, 0.15) is 5.82 Å². The second-order valence-electron chi connectivity index (χ2n) is 7.39. The van der Waals surface area contributed by atoms with E-state index in [1.54, 1.807) is 13.8 Å². The molecule has 3 aliphatic heterocycles. The Morgan fingerprint density at radius 3 is 2.77 bits per heavy atom. The summed E-state index contributed by atoms with van der Waals surface area (Å²) in [7, 11) is 0. The van der Waals surface area contributed by atoms with Gasteiger partial charge in [0.25, 0.3) is 0 Å². The van der Waals surface area contributed by atoms with Crippen molar-refractivity contribution in [3.05, 3.63) is 29.3 Å². The van der Waals surface area contributed by atoms with Gasteiger partial charge in [0.2, 0.25) is 0 Å². The molecule has 0 unspecified atom stereocenters. The van der Waals surface area contributed by atoms with E-state index < -0.39 is 11.4 Å². The maximum Gasteiger partial charge on any atom is 0.309 e. The number of hydrogen-bond donors (Lipinski definition) is 2. The summed E-state index contributed by atoms with van der Waals surface area (Å²) in [5, 5.41) is 10.6. The molecule has 1 saturated heterocycles. The average molecular weight is 298 g/mol. The van der Waals surface area contributed by atoms with Crippen LogP contribution in [0.15, 0.2) is 18.2 Å². The number of hydrogen-bond acceptors (Lipinski definition) is 2. The van der Waals surface area contributed by atoms with E-state index >= 15 is 0 Å². The number of aromatic nitrogens is 1. The molecule has 2 aromatic rings. The highest BCUT2D eigenvalue weighted by molar-refractivity contribution is 5.91. The molecule has 4 heterocycles. The number of carbonyl (C=O) groups is 1. The van der Waals surface area contributed by atoms with Crippen LogP contribution < -0.4 is 4.90 Å². The van der Waals surface area contributed by atoms with Crippen molar-refractivity contribution < 1.29 is 9.90 Å². The smallest absolute Gasteiger partial charge is 0.309 e. The zero-order chi connectivity index (χ0) is 15.5. The summed E-state index contributed by atoms with van der Waals surface area (Å²) in [6.45, 7) is 5.90. The normalized spacial score (nSPS) is 18.0. The lowest BCUT2D eigenvalue weighted by atomic mass is 9.82. The van der Waals surface area contributed by atoms with Gasteiger partial charge < -0.3 is 15.0 Å². The number of piperidine rings is 1. The van der Waals surface area contributed by atoms with Gasteiger partial charge in [-0.1, -0.05) is 6.07 Å². The highest BCUT2D eigenvalue weighted by Gasteiger charge is 2.34. The SMILES string of the molecule is CC(C)(Cc1ccc2[nH]c3c(c2c1)C1CCN3CC1)C(=O)O. The van der Waals surface area contributed by atoms with Crippen molar-refractivity contribution in [3.8, 4) is 0 Å². The summed E-state index contributed by atoms with van der Waals surface area (Å²) in [5.41, 5.74) is 3.02. The first-order valence-electron chi connectivity index (χ1n) is 8.08. The van der Waals surface area contributed by atoms with E-state index in [4.69, 9.17) is 0 Å². The van der Waals surface area contributed by atoms with Gasteiger partial charge in [-0.3, -0.25) is 4.79 Å². The number of H-pyrrole nitrogens is 1. The van der Waals surface area contributed by atoms with Gasteiger partial charge in [0.05, 0.1) is 5.41 Å². The zero-order valence-electron chi connectivity index (χ0n) is 13.1. The third-order valence-electron chi connectivity index (χ3n) is 5.33. The fourth-order valence-corrected chi connectivity index (χ4v) is 4.00. The van der Waals surface area contributed by atoms with Crippen molar-refractivity contribution in [1.29, 1.82) is 0 Å². The minimum absolute atomic E-state index is 0.562. The summed E-state index contributed by atoms with van der Waals surface area (Å²) in [6, 6.07) is 6.38. The van der Waals surface area contributed by atoms with Gasteiger partial charge in [-0.05, 0) is 56.7 Å². The molecule has 4 nitrogen and oxygen atoms in total. The van der Waals surface area contributed by atoms with E-state index in [0.29, 0.717) is 12.3 Å². The quantitative estimate of drug-likeness (QED) is 0.911. The number of carboxylic acids is 1. The van der Waals surface area contributed by atoms with Crippen LogP contribution in [0.4, 0.5) is 5.82 Å². The molecule has 0 radical (unpaired) electrons. The number of fused-ring (bicyclic) bond motifs is 3. The molecule has 0 saturated carbocycles. The Hall–Kier alpha value is -1.97. The van der Waals surface area contributed by atoms with Crippen LogP contribution in [0.3, 0.4) is 0 Å². The molecular formula is C18H22N2O2. The van der Waals surface area contributed by atoms with E-state index in [2.05, 4.69) is 28.1 Å². The van der Waals surface area contributed by atoms with Crippen LogP contribution in [0.1, 0.15) is 43.7 Å². The van der Waals surface area contributed by atoms with Crippen LogP contribution in [0.25, 0.3) is 10.9 Å². The monoisotopic (exact) mass is 298 g/mol. The molecular weight excluding hydrogens is 276 g/mol. The number of rotatable bonds is 3. The topological polar surface area (TPSA) is 56.3 Å². The van der Waals surface area contributed by atoms with Crippen LogP contribution in [0, 0.1) is 5.41 Å². The molecule has 2 bridgehead atoms. The molecule has 116 valence electrons. The zero-order valence-corrected chi connectivity index (χ0v) is 13.1. The largest absolute Gasteiger partial charge is 0.481 e. The van der Waals surface area contributed by atoms with Crippen LogP contribution in [0.5, 0.6) is 0 Å². The third kappa shape index (κ3) is 1.93. The van der Waals surface area contributed by atoms with E-state index in [1.807, 2.05) is 0 Å². The van der Waals surface area contributed by atoms with Gasteiger partial charge in [-0.15, -0.1) is 0 Å². The van der Waals surface area contributed by atoms with E-state index in [9.17, 15) is 9.90 Å². The molecule has 0 atom stereocenters. The Labute approximate surface area is 130 Å². The van der Waals surface area contributed by atoms with E-state index in [1.165, 1.54) is 35.1 Å². The average Bonchev–Trinajstić information content (AvgIpc) is 2.89. The summed E-state index contributed by atoms with van der Waals surface area (Å²) in [6.07, 6.45) is 3.04. The number of aliphatic carboxylic acids is 1. The standard InChI is InChI=1S/C18H22N2O2/c1-18(2,17(21)22)10-11-3-4-14-13(9-11)15-12-5-7-20(8-6-12)16(15)19-14/h3-4,9,12,19H,5-8,10H2,1-2H3,(H,21,22). The molecule has 0 aliphatic carbocycles. The molecule has 0 amide bonds. The van der Waals surface area contributed by atoms with Crippen molar-refractivity contribution in [2.75, 3.05) is 18.0 Å². The minimum Gasteiger partial charge on any atom is -0.481 e. The molecule has 5 rings (SSSR count). The Bertz CT molecular complexity index is 752. The van der Waals surface area contributed by atoms with Gasteiger partial charge >= 0.3 is 5.97 Å². The highest BCUT2D eigenvalue weighted by atomic mass is 16.4. The van der Waals surface area contributed by atoms with Crippen LogP contribution in [-0.2, 0) is 11.2 Å². The summed E-state index contributed by atoms with van der Waals surface area (Å²) in [5.74, 6) is 1.22. The summed E-state index contributed by atoms with van der Waals surface area (Å²) < 4.78 is 0. The lowest BCUT2D eigenvalue weighted by molar-refractivity contribution is -0.146. The molecule has 3 aliphatic rings. The van der Waals surface area contributed by atoms with Crippen molar-refractivity contribution in [2.24, 2.45) is 5.41 Å². The molecule has 2 N–H and O–H groups in total. The summed E-state index contributed by atoms with van der Waals surface area (Å²) >= 11 is 0. The highest BCUT2D eigenvalue weighted by Crippen LogP contribution is 2.46. The first kappa shape index (κ1) is 13.7. The molecule has 22 heavy (non-hydrogen) atoms. The first-order valence-corrected chi connectivity index (χ1v) is 8.08. The Morgan fingerprint density at radius 2 is 2.09 bits per heavy atom. The predicted octanol–water partition coefficient (Wildman–Crippen LogP) is 3.52. The molecule has 0 spiro atoms. The van der Waals surface area contributed by atoms with Crippen molar-refractivity contribution in [3.63, 3.8) is 0 Å². The number of anilines is 1. The van der Waals surface area contributed by atoms with Gasteiger partial charge in [-0.25, -0.2) is 0 Å². The number of carboxylic acid groups (broad SMARTS) is 1. The lowest BCUT2D eigenvalue weighted by Gasteiger charge is -2.40. The fraction of sp³-hybridized carbons (Fsp3) is 0.500. The van der Waals surface area contributed by atoms with Crippen molar-refractivity contribution >= 4 is 22.7 Å². The van der Waals surface area contributed by atoms with Crippen LogP contribution in [0.2, 0.25) is 0 Å². The number of benzene rings is 1. The van der Waals surface area contributed by atoms with Gasteiger partial charge in [0.15, 0.2) is 0 Å². The number of nitrogens with one attached hydrogen (secondary N) is 1. The van der Waals surface area contributed by atoms with Gasteiger partial charge in [0, 0.05) is 29.6 Å². The molecule has 1 fully saturated rings. The summed E-state index contributed by atoms with van der Waals surface area (Å²) in [4.78, 5) is 17.4. The maximum absolute atomic E-state index is 11.4. The van der Waals surface area contributed by atoms with E-state index in [0.717, 1.165) is 18.7 Å². The van der Waals surface area contributed by atoms with E-state index in [-0.39, 0.29) is 0 Å². The Kier molecular flexibility index (Phi) is 2.80. The Balaban J connectivity index is 1.79. The first-order chi connectivity index (χ1) is 10.5. The van der Waals surface area contributed by atoms with Gasteiger partial charge in [-0.2, -0.15) is 0 Å². The maximum atomic E-state index is 11.4. The molecule has 4 heteroatoms. The van der Waals surface area contributed by atoms with Crippen LogP contribution in [-0.4, -0.2) is 29.1 Å². The second kappa shape index (κ2) is 4.51. The van der Waals surface area contributed by atoms with Crippen molar-refractivity contribution in [2.45, 2.75) is 39.0 Å². The van der Waals surface area contributed by atoms with Crippen molar-refractivity contribution in [1.82, 2.24) is 4.98 Å². The third-order valence-corrected chi connectivity index (χ3v) is 5.33. The lowest BCUT2D eigenvalue weighted by Crippen LogP contribution is -2.38.